The molecule has 1 unspecified atom stereocenters. The molecule has 0 bridgehead atoms. The Labute approximate surface area is 113 Å². The highest BCUT2D eigenvalue weighted by Crippen LogP contribution is 2.34. The number of aromatic nitrogens is 1. The Hall–Kier alpha value is -1.69. The number of rotatable bonds is 2. The Morgan fingerprint density at radius 1 is 1.35 bits per heavy atom. The Morgan fingerprint density at radius 2 is 2.15 bits per heavy atom. The fraction of sp³-hybridized carbons (Fsp3) is 0.429. The molecular weight excluding hydrogens is 269 g/mol. The van der Waals surface area contributed by atoms with E-state index in [0.717, 1.165) is 41.4 Å². The number of aryl methyl sites for hydroxylation is 1. The third-order valence-corrected chi connectivity index (χ3v) is 3.83. The fourth-order valence-corrected chi connectivity index (χ4v) is 2.87. The zero-order valence-electron chi connectivity index (χ0n) is 10.8. The number of benzene rings is 1. The normalized spacial score (nSPS) is 19.1. The quantitative estimate of drug-likeness (QED) is 0.890. The molecule has 0 aliphatic heterocycles. The van der Waals surface area contributed by atoms with Crippen molar-refractivity contribution >= 4 is 10.9 Å². The minimum absolute atomic E-state index is 0.179. The molecule has 108 valence electrons. The first kappa shape index (κ1) is 13.3. The lowest BCUT2D eigenvalue weighted by Gasteiger charge is -2.20. The second kappa shape index (κ2) is 4.70. The maximum atomic E-state index is 12.3. The summed E-state index contributed by atoms with van der Waals surface area (Å²) in [4.78, 5) is 3.27. The molecule has 0 amide bonds. The largest absolute Gasteiger partial charge is 0.573 e. The second-order valence-corrected chi connectivity index (χ2v) is 5.18. The minimum Gasteiger partial charge on any atom is -0.406 e. The zero-order valence-corrected chi connectivity index (χ0v) is 10.8. The molecule has 3 rings (SSSR count). The second-order valence-electron chi connectivity index (χ2n) is 5.18. The van der Waals surface area contributed by atoms with Crippen molar-refractivity contribution in [1.29, 1.82) is 0 Å². The van der Waals surface area contributed by atoms with Gasteiger partial charge in [-0.3, -0.25) is 0 Å². The van der Waals surface area contributed by atoms with E-state index in [1.807, 2.05) is 0 Å². The summed E-state index contributed by atoms with van der Waals surface area (Å²) < 4.78 is 40.8. The lowest BCUT2D eigenvalue weighted by molar-refractivity contribution is -0.274. The molecule has 1 aliphatic carbocycles. The molecule has 1 atom stereocenters. The molecule has 0 radical (unpaired) electrons. The van der Waals surface area contributed by atoms with E-state index in [2.05, 4.69) is 9.72 Å². The summed E-state index contributed by atoms with van der Waals surface area (Å²) >= 11 is 0. The average Bonchev–Trinajstić information content (AvgIpc) is 2.74. The average molecular weight is 284 g/mol. The van der Waals surface area contributed by atoms with Gasteiger partial charge in [-0.05, 0) is 55.5 Å². The van der Waals surface area contributed by atoms with Crippen LogP contribution in [0.5, 0.6) is 5.75 Å². The van der Waals surface area contributed by atoms with Crippen LogP contribution in [-0.4, -0.2) is 17.9 Å². The van der Waals surface area contributed by atoms with E-state index in [0.29, 0.717) is 12.5 Å². The summed E-state index contributed by atoms with van der Waals surface area (Å²) in [7, 11) is 0. The van der Waals surface area contributed by atoms with E-state index in [4.69, 9.17) is 5.73 Å². The van der Waals surface area contributed by atoms with Crippen LogP contribution in [0.1, 0.15) is 17.7 Å². The minimum atomic E-state index is -4.66. The van der Waals surface area contributed by atoms with E-state index < -0.39 is 6.36 Å². The maximum absolute atomic E-state index is 12.3. The van der Waals surface area contributed by atoms with Gasteiger partial charge in [0, 0.05) is 16.6 Å². The molecular formula is C14H15F3N2O. The predicted molar refractivity (Wildman–Crippen MR) is 69.6 cm³/mol. The van der Waals surface area contributed by atoms with Gasteiger partial charge in [-0.15, -0.1) is 13.2 Å². The van der Waals surface area contributed by atoms with Crippen molar-refractivity contribution in [3.8, 4) is 5.75 Å². The molecule has 0 saturated heterocycles. The van der Waals surface area contributed by atoms with Gasteiger partial charge in [0.1, 0.15) is 5.75 Å². The van der Waals surface area contributed by atoms with Crippen molar-refractivity contribution in [3.63, 3.8) is 0 Å². The van der Waals surface area contributed by atoms with Crippen molar-refractivity contribution in [1.82, 2.24) is 4.98 Å². The van der Waals surface area contributed by atoms with Crippen molar-refractivity contribution < 1.29 is 17.9 Å². The van der Waals surface area contributed by atoms with Gasteiger partial charge >= 0.3 is 6.36 Å². The summed E-state index contributed by atoms with van der Waals surface area (Å²) in [6.07, 6.45) is -1.95. The van der Waals surface area contributed by atoms with Crippen LogP contribution in [0.25, 0.3) is 10.9 Å². The van der Waals surface area contributed by atoms with E-state index in [9.17, 15) is 13.2 Å². The van der Waals surface area contributed by atoms with Crippen LogP contribution in [0.3, 0.4) is 0 Å². The van der Waals surface area contributed by atoms with Gasteiger partial charge in [0.2, 0.25) is 0 Å². The highest BCUT2D eigenvalue weighted by Gasteiger charge is 2.31. The lowest BCUT2D eigenvalue weighted by atomic mass is 9.86. The highest BCUT2D eigenvalue weighted by atomic mass is 19.4. The smallest absolute Gasteiger partial charge is 0.406 e. The molecule has 0 spiro atoms. The Kier molecular flexibility index (Phi) is 3.12. The van der Waals surface area contributed by atoms with E-state index >= 15 is 0 Å². The van der Waals surface area contributed by atoms with Gasteiger partial charge in [0.05, 0.1) is 0 Å². The molecule has 2 aromatic rings. The molecule has 0 fully saturated rings. The van der Waals surface area contributed by atoms with Gasteiger partial charge in [-0.1, -0.05) is 0 Å². The van der Waals surface area contributed by atoms with Gasteiger partial charge < -0.3 is 15.5 Å². The molecule has 1 heterocycles. The molecule has 3 nitrogen and oxygen atoms in total. The van der Waals surface area contributed by atoms with Crippen molar-refractivity contribution in [2.45, 2.75) is 25.6 Å². The first-order chi connectivity index (χ1) is 9.46. The van der Waals surface area contributed by atoms with Crippen molar-refractivity contribution in [2.75, 3.05) is 6.54 Å². The Bertz CT molecular complexity index is 633. The van der Waals surface area contributed by atoms with Crippen LogP contribution in [0.4, 0.5) is 13.2 Å². The molecule has 1 aromatic carbocycles. The number of halogens is 3. The lowest BCUT2D eigenvalue weighted by Crippen LogP contribution is -2.21. The number of hydrogen-bond acceptors (Lipinski definition) is 2. The fourth-order valence-electron chi connectivity index (χ4n) is 2.87. The molecule has 0 saturated carbocycles. The molecule has 1 aliphatic rings. The van der Waals surface area contributed by atoms with Gasteiger partial charge in [-0.2, -0.15) is 0 Å². The van der Waals surface area contributed by atoms with Crippen LogP contribution >= 0.6 is 0 Å². The summed E-state index contributed by atoms with van der Waals surface area (Å²) in [5.41, 5.74) is 8.74. The van der Waals surface area contributed by atoms with Crippen molar-refractivity contribution in [2.24, 2.45) is 11.7 Å². The summed E-state index contributed by atoms with van der Waals surface area (Å²) in [5, 5.41) is 0.805. The highest BCUT2D eigenvalue weighted by molar-refractivity contribution is 5.86. The van der Waals surface area contributed by atoms with Crippen molar-refractivity contribution in [3.05, 3.63) is 29.5 Å². The topological polar surface area (TPSA) is 51.0 Å². The van der Waals surface area contributed by atoms with Gasteiger partial charge in [0.25, 0.3) is 0 Å². The molecule has 6 heteroatoms. The monoisotopic (exact) mass is 284 g/mol. The standard InChI is InChI=1S/C14H15F3N2O/c15-14(16,17)20-9-2-4-13-11(6-9)10-5-8(7-18)1-3-12(10)19-13/h2,4,6,8,19H,1,3,5,7,18H2. The molecule has 20 heavy (non-hydrogen) atoms. The number of nitrogens with one attached hydrogen (secondary N) is 1. The third kappa shape index (κ3) is 2.47. The Balaban J connectivity index is 2.01. The summed E-state index contributed by atoms with van der Waals surface area (Å²) in [5.74, 6) is 0.218. The number of fused-ring (bicyclic) bond motifs is 3. The van der Waals surface area contributed by atoms with Crippen LogP contribution in [0.15, 0.2) is 18.2 Å². The van der Waals surface area contributed by atoms with Crippen LogP contribution < -0.4 is 10.5 Å². The van der Waals surface area contributed by atoms with E-state index in [1.54, 1.807) is 6.07 Å². The molecule has 1 aromatic heterocycles. The first-order valence-electron chi connectivity index (χ1n) is 6.55. The number of alkyl halides is 3. The van der Waals surface area contributed by atoms with Crippen LogP contribution in [-0.2, 0) is 12.8 Å². The van der Waals surface area contributed by atoms with Gasteiger partial charge in [-0.25, -0.2) is 0 Å². The van der Waals surface area contributed by atoms with Crippen LogP contribution in [0.2, 0.25) is 0 Å². The SMILES string of the molecule is NCC1CCc2[nH]c3ccc(OC(F)(F)F)cc3c2C1. The molecule has 3 N–H and O–H groups in total. The van der Waals surface area contributed by atoms with E-state index in [1.165, 1.54) is 12.1 Å². The third-order valence-electron chi connectivity index (χ3n) is 3.83. The summed E-state index contributed by atoms with van der Waals surface area (Å²) in [6, 6.07) is 4.42. The number of nitrogens with two attached hydrogens (primary N) is 1. The number of H-pyrrole nitrogens is 1. The number of aromatic amines is 1. The maximum Gasteiger partial charge on any atom is 0.573 e. The van der Waals surface area contributed by atoms with E-state index in [-0.39, 0.29) is 5.75 Å². The Morgan fingerprint density at radius 3 is 2.85 bits per heavy atom. The predicted octanol–water partition coefficient (Wildman–Crippen LogP) is 3.13. The number of ether oxygens (including phenoxy) is 1. The first-order valence-corrected chi connectivity index (χ1v) is 6.55. The van der Waals surface area contributed by atoms with Gasteiger partial charge in [0.15, 0.2) is 0 Å². The number of hydrogen-bond donors (Lipinski definition) is 2. The van der Waals surface area contributed by atoms with Crippen LogP contribution in [0, 0.1) is 5.92 Å². The summed E-state index contributed by atoms with van der Waals surface area (Å²) in [6.45, 7) is 0.602. The zero-order chi connectivity index (χ0) is 14.3.